The second kappa shape index (κ2) is 9.34. The summed E-state index contributed by atoms with van der Waals surface area (Å²) >= 11 is 0. The number of rotatable bonds is 3. The summed E-state index contributed by atoms with van der Waals surface area (Å²) in [6.07, 6.45) is 8.36. The molecule has 1 aromatic rings. The number of hydrogen-bond donors (Lipinski definition) is 0. The van der Waals surface area contributed by atoms with Crippen LogP contribution >= 0.6 is 0 Å². The van der Waals surface area contributed by atoms with Crippen LogP contribution in [-0.4, -0.2) is 66.1 Å². The molecule has 3 heteroatoms. The third kappa shape index (κ3) is 4.49. The van der Waals surface area contributed by atoms with E-state index in [1.807, 2.05) is 13.8 Å². The van der Waals surface area contributed by atoms with Crippen LogP contribution in [0.5, 0.6) is 0 Å². The highest BCUT2D eigenvalue weighted by atomic mass is 15.3. The summed E-state index contributed by atoms with van der Waals surface area (Å²) in [5, 5.41) is 0. The Bertz CT molecular complexity index is 514. The average Bonchev–Trinajstić information content (AvgIpc) is 3.05. The SMILES string of the molecule is CC.CN1CCCC12CCN(C1CCN(Cc3ccccc3)CC1)CC2. The van der Waals surface area contributed by atoms with Crippen molar-refractivity contribution in [2.45, 2.75) is 70.5 Å². The Balaban J connectivity index is 0.000000948. The molecule has 26 heavy (non-hydrogen) atoms. The molecule has 0 saturated carbocycles. The molecule has 0 bridgehead atoms. The number of nitrogens with zero attached hydrogens (tertiary/aromatic N) is 3. The van der Waals surface area contributed by atoms with Crippen molar-refractivity contribution in [3.05, 3.63) is 35.9 Å². The molecular weight excluding hydrogens is 318 g/mol. The van der Waals surface area contributed by atoms with Crippen LogP contribution in [0.3, 0.4) is 0 Å². The van der Waals surface area contributed by atoms with Gasteiger partial charge in [-0.3, -0.25) is 4.90 Å². The normalized spacial score (nSPS) is 25.2. The predicted molar refractivity (Wildman–Crippen MR) is 111 cm³/mol. The summed E-state index contributed by atoms with van der Waals surface area (Å²) < 4.78 is 0. The van der Waals surface area contributed by atoms with Gasteiger partial charge in [0.2, 0.25) is 0 Å². The molecule has 1 aromatic carbocycles. The van der Waals surface area contributed by atoms with Crippen molar-refractivity contribution in [3.63, 3.8) is 0 Å². The molecule has 3 nitrogen and oxygen atoms in total. The fraction of sp³-hybridized carbons (Fsp3) is 0.739. The van der Waals surface area contributed by atoms with E-state index in [4.69, 9.17) is 0 Å². The van der Waals surface area contributed by atoms with E-state index in [0.717, 1.165) is 12.6 Å². The number of hydrogen-bond acceptors (Lipinski definition) is 3. The highest BCUT2D eigenvalue weighted by Crippen LogP contribution is 2.38. The summed E-state index contributed by atoms with van der Waals surface area (Å²) in [7, 11) is 2.35. The zero-order chi connectivity index (χ0) is 18.4. The number of likely N-dealkylation sites (tertiary alicyclic amines) is 3. The van der Waals surface area contributed by atoms with Gasteiger partial charge in [-0.15, -0.1) is 0 Å². The van der Waals surface area contributed by atoms with Gasteiger partial charge in [0.1, 0.15) is 0 Å². The molecule has 3 aliphatic rings. The van der Waals surface area contributed by atoms with Crippen LogP contribution < -0.4 is 0 Å². The van der Waals surface area contributed by atoms with Crippen molar-refractivity contribution in [2.24, 2.45) is 0 Å². The first-order valence-electron chi connectivity index (χ1n) is 11.0. The molecule has 0 unspecified atom stereocenters. The maximum atomic E-state index is 2.82. The van der Waals surface area contributed by atoms with E-state index in [9.17, 15) is 0 Å². The maximum absolute atomic E-state index is 2.82. The quantitative estimate of drug-likeness (QED) is 0.801. The van der Waals surface area contributed by atoms with Crippen molar-refractivity contribution in [1.29, 1.82) is 0 Å². The third-order valence-electron chi connectivity index (χ3n) is 7.00. The molecule has 0 atom stereocenters. The molecule has 3 saturated heterocycles. The molecule has 0 aliphatic carbocycles. The van der Waals surface area contributed by atoms with E-state index in [-0.39, 0.29) is 0 Å². The van der Waals surface area contributed by atoms with Crippen LogP contribution in [0.1, 0.15) is 57.9 Å². The molecule has 4 rings (SSSR count). The number of piperidine rings is 2. The van der Waals surface area contributed by atoms with Gasteiger partial charge in [-0.1, -0.05) is 44.2 Å². The van der Waals surface area contributed by atoms with Crippen LogP contribution in [0.4, 0.5) is 0 Å². The highest BCUT2D eigenvalue weighted by molar-refractivity contribution is 5.14. The minimum atomic E-state index is 0.560. The highest BCUT2D eigenvalue weighted by Gasteiger charge is 2.42. The Kier molecular flexibility index (Phi) is 7.13. The topological polar surface area (TPSA) is 9.72 Å². The molecule has 3 heterocycles. The fourth-order valence-corrected chi connectivity index (χ4v) is 5.29. The Morgan fingerprint density at radius 1 is 0.885 bits per heavy atom. The first kappa shape index (κ1) is 19.9. The molecule has 1 spiro atoms. The largest absolute Gasteiger partial charge is 0.301 e. The van der Waals surface area contributed by atoms with Gasteiger partial charge in [0.15, 0.2) is 0 Å². The first-order chi connectivity index (χ1) is 12.8. The average molecular weight is 358 g/mol. The summed E-state index contributed by atoms with van der Waals surface area (Å²) in [6.45, 7) is 11.6. The van der Waals surface area contributed by atoms with Gasteiger partial charge in [-0.2, -0.15) is 0 Å². The Morgan fingerprint density at radius 2 is 1.54 bits per heavy atom. The molecule has 3 aliphatic heterocycles. The minimum absolute atomic E-state index is 0.560. The van der Waals surface area contributed by atoms with Crippen molar-refractivity contribution >= 4 is 0 Å². The smallest absolute Gasteiger partial charge is 0.0233 e. The zero-order valence-electron chi connectivity index (χ0n) is 17.3. The van der Waals surface area contributed by atoms with Crippen molar-refractivity contribution in [1.82, 2.24) is 14.7 Å². The van der Waals surface area contributed by atoms with E-state index in [1.54, 1.807) is 0 Å². The Hall–Kier alpha value is -0.900. The molecular formula is C23H39N3. The van der Waals surface area contributed by atoms with Crippen LogP contribution in [0.15, 0.2) is 30.3 Å². The fourth-order valence-electron chi connectivity index (χ4n) is 5.29. The molecule has 0 radical (unpaired) electrons. The van der Waals surface area contributed by atoms with E-state index >= 15 is 0 Å². The molecule has 0 amide bonds. The summed E-state index contributed by atoms with van der Waals surface area (Å²) in [5.74, 6) is 0. The lowest BCUT2D eigenvalue weighted by molar-refractivity contribution is 0.0283. The first-order valence-corrected chi connectivity index (χ1v) is 11.0. The predicted octanol–water partition coefficient (Wildman–Crippen LogP) is 4.24. The van der Waals surface area contributed by atoms with Gasteiger partial charge in [0, 0.05) is 31.2 Å². The molecule has 0 N–H and O–H groups in total. The van der Waals surface area contributed by atoms with Crippen LogP contribution in [-0.2, 0) is 6.54 Å². The zero-order valence-corrected chi connectivity index (χ0v) is 17.3. The molecule has 3 fully saturated rings. The van der Waals surface area contributed by atoms with Gasteiger partial charge in [-0.25, -0.2) is 0 Å². The second-order valence-electron chi connectivity index (χ2n) is 8.28. The Morgan fingerprint density at radius 3 is 2.12 bits per heavy atom. The van der Waals surface area contributed by atoms with Crippen LogP contribution in [0, 0.1) is 0 Å². The monoisotopic (exact) mass is 357 g/mol. The van der Waals surface area contributed by atoms with E-state index in [0.29, 0.717) is 5.54 Å². The minimum Gasteiger partial charge on any atom is -0.301 e. The van der Waals surface area contributed by atoms with Gasteiger partial charge < -0.3 is 9.80 Å². The van der Waals surface area contributed by atoms with Gasteiger partial charge in [0.05, 0.1) is 0 Å². The lowest BCUT2D eigenvalue weighted by atomic mass is 9.84. The lowest BCUT2D eigenvalue weighted by Gasteiger charge is -2.47. The second-order valence-corrected chi connectivity index (χ2v) is 8.28. The molecule has 146 valence electrons. The van der Waals surface area contributed by atoms with E-state index in [2.05, 4.69) is 52.1 Å². The van der Waals surface area contributed by atoms with Crippen molar-refractivity contribution in [2.75, 3.05) is 39.8 Å². The summed E-state index contributed by atoms with van der Waals surface area (Å²) in [4.78, 5) is 8.12. The van der Waals surface area contributed by atoms with Crippen molar-refractivity contribution < 1.29 is 0 Å². The van der Waals surface area contributed by atoms with Gasteiger partial charge >= 0.3 is 0 Å². The number of benzene rings is 1. The van der Waals surface area contributed by atoms with Crippen LogP contribution in [0.2, 0.25) is 0 Å². The van der Waals surface area contributed by atoms with Gasteiger partial charge in [0.25, 0.3) is 0 Å². The van der Waals surface area contributed by atoms with E-state index < -0.39 is 0 Å². The van der Waals surface area contributed by atoms with Crippen molar-refractivity contribution in [3.8, 4) is 0 Å². The summed E-state index contributed by atoms with van der Waals surface area (Å²) in [5.41, 5.74) is 2.02. The van der Waals surface area contributed by atoms with Crippen LogP contribution in [0.25, 0.3) is 0 Å². The molecule has 0 aromatic heterocycles. The summed E-state index contributed by atoms with van der Waals surface area (Å²) in [6, 6.07) is 11.8. The van der Waals surface area contributed by atoms with Gasteiger partial charge in [-0.05, 0) is 70.8 Å². The maximum Gasteiger partial charge on any atom is 0.0233 e. The standard InChI is InChI=1S/C21H33N3.C2H6/c1-22-13-5-10-21(22)11-16-24(17-12-21)20-8-14-23(15-9-20)18-19-6-3-2-4-7-19;1-2/h2-4,6-7,20H,5,8-18H2,1H3;1-2H3. The Labute approximate surface area is 161 Å². The third-order valence-corrected chi connectivity index (χ3v) is 7.00. The lowest BCUT2D eigenvalue weighted by Crippen LogP contribution is -2.54. The van der Waals surface area contributed by atoms with E-state index in [1.165, 1.54) is 76.8 Å².